The van der Waals surface area contributed by atoms with Gasteiger partial charge >= 0.3 is 0 Å². The quantitative estimate of drug-likeness (QED) is 0.813. The second kappa shape index (κ2) is 5.60. The predicted octanol–water partition coefficient (Wildman–Crippen LogP) is 4.58. The molecule has 2 aromatic rings. The van der Waals surface area contributed by atoms with Gasteiger partial charge in [0, 0.05) is 11.6 Å². The molecule has 7 heteroatoms. The van der Waals surface area contributed by atoms with E-state index in [-0.39, 0.29) is 4.91 Å². The van der Waals surface area contributed by atoms with E-state index in [1.165, 1.54) is 6.08 Å². The smallest absolute Gasteiger partial charge is 0.290 e. The third-order valence-electron chi connectivity index (χ3n) is 2.76. The van der Waals surface area contributed by atoms with Crippen molar-refractivity contribution in [2.75, 3.05) is 0 Å². The molecule has 1 N–H and O–H groups in total. The second-order valence-electron chi connectivity index (χ2n) is 4.16. The minimum atomic E-state index is -0.427. The van der Waals surface area contributed by atoms with Gasteiger partial charge in [-0.25, -0.2) is 0 Å². The van der Waals surface area contributed by atoms with E-state index in [0.717, 1.165) is 11.8 Å². The van der Waals surface area contributed by atoms with Gasteiger partial charge in [-0.2, -0.15) is 0 Å². The number of amides is 2. The molecule has 4 nitrogen and oxygen atoms in total. The Bertz CT molecular complexity index is 782. The summed E-state index contributed by atoms with van der Waals surface area (Å²) in [5.74, 6) is 0.557. The summed E-state index contributed by atoms with van der Waals surface area (Å²) in [6.45, 7) is 0. The summed E-state index contributed by atoms with van der Waals surface area (Å²) in [7, 11) is 0. The molecule has 1 aromatic carbocycles. The molecule has 0 radical (unpaired) electrons. The summed E-state index contributed by atoms with van der Waals surface area (Å²) in [5, 5.41) is 2.62. The second-order valence-corrected chi connectivity index (χ2v) is 5.96. The number of carbonyl (C=O) groups is 2. The van der Waals surface area contributed by atoms with Crippen LogP contribution < -0.4 is 5.32 Å². The van der Waals surface area contributed by atoms with Gasteiger partial charge in [0.15, 0.2) is 0 Å². The summed E-state index contributed by atoms with van der Waals surface area (Å²) in [4.78, 5) is 22.8. The molecule has 1 aliphatic rings. The maximum absolute atomic E-state index is 11.5. The van der Waals surface area contributed by atoms with Gasteiger partial charge in [0.1, 0.15) is 11.5 Å². The number of imide groups is 1. The van der Waals surface area contributed by atoms with Gasteiger partial charge in [-0.1, -0.05) is 29.3 Å². The molecule has 1 aromatic heterocycles. The lowest BCUT2D eigenvalue weighted by atomic mass is 10.2. The maximum Gasteiger partial charge on any atom is 0.290 e. The van der Waals surface area contributed by atoms with Crippen LogP contribution in [0.2, 0.25) is 10.0 Å². The Kier molecular flexibility index (Phi) is 3.80. The summed E-state index contributed by atoms with van der Waals surface area (Å²) in [5.41, 5.74) is 0.661. The summed E-state index contributed by atoms with van der Waals surface area (Å²) < 4.78 is 5.63. The lowest BCUT2D eigenvalue weighted by Crippen LogP contribution is -2.17. The molecule has 0 bridgehead atoms. The van der Waals surface area contributed by atoms with Crippen LogP contribution in [-0.4, -0.2) is 11.1 Å². The first kappa shape index (κ1) is 14.3. The topological polar surface area (TPSA) is 59.3 Å². The molecule has 0 spiro atoms. The highest BCUT2D eigenvalue weighted by Gasteiger charge is 2.25. The van der Waals surface area contributed by atoms with E-state index in [1.807, 2.05) is 0 Å². The van der Waals surface area contributed by atoms with Crippen molar-refractivity contribution in [1.29, 1.82) is 0 Å². The van der Waals surface area contributed by atoms with Crippen LogP contribution in [0.25, 0.3) is 17.4 Å². The van der Waals surface area contributed by atoms with E-state index in [0.29, 0.717) is 27.1 Å². The van der Waals surface area contributed by atoms with E-state index >= 15 is 0 Å². The Morgan fingerprint density at radius 3 is 2.67 bits per heavy atom. The molecule has 2 amide bonds. The van der Waals surface area contributed by atoms with Gasteiger partial charge < -0.3 is 4.42 Å². The van der Waals surface area contributed by atoms with Crippen LogP contribution in [0.3, 0.4) is 0 Å². The first-order chi connectivity index (χ1) is 10.0. The van der Waals surface area contributed by atoms with Gasteiger partial charge in [0.05, 0.1) is 15.0 Å². The van der Waals surface area contributed by atoms with Crippen LogP contribution in [-0.2, 0) is 4.79 Å². The molecule has 0 aliphatic carbocycles. The summed E-state index contributed by atoms with van der Waals surface area (Å²) in [6, 6.07) is 8.65. The maximum atomic E-state index is 11.5. The zero-order valence-electron chi connectivity index (χ0n) is 10.4. The van der Waals surface area contributed by atoms with Crippen molar-refractivity contribution >= 4 is 52.2 Å². The number of thioether (sulfide) groups is 1. The van der Waals surface area contributed by atoms with Gasteiger partial charge in [-0.05, 0) is 36.0 Å². The van der Waals surface area contributed by atoms with Crippen molar-refractivity contribution in [3.8, 4) is 11.3 Å². The number of benzene rings is 1. The van der Waals surface area contributed by atoms with E-state index in [9.17, 15) is 9.59 Å². The first-order valence-electron chi connectivity index (χ1n) is 5.83. The van der Waals surface area contributed by atoms with E-state index in [2.05, 4.69) is 5.32 Å². The highest BCUT2D eigenvalue weighted by molar-refractivity contribution is 8.18. The Balaban J connectivity index is 1.94. The van der Waals surface area contributed by atoms with Crippen LogP contribution in [0.15, 0.2) is 39.7 Å². The first-order valence-corrected chi connectivity index (χ1v) is 7.41. The molecular weight excluding hydrogens is 333 g/mol. The Morgan fingerprint density at radius 1 is 1.14 bits per heavy atom. The molecule has 2 heterocycles. The van der Waals surface area contributed by atoms with E-state index in [1.54, 1.807) is 30.3 Å². The number of hydrogen-bond acceptors (Lipinski definition) is 4. The third-order valence-corrected chi connectivity index (χ3v) is 4.39. The van der Waals surface area contributed by atoms with Crippen molar-refractivity contribution in [3.63, 3.8) is 0 Å². The van der Waals surface area contributed by atoms with Crippen molar-refractivity contribution in [3.05, 3.63) is 51.0 Å². The molecule has 3 rings (SSSR count). The molecule has 106 valence electrons. The van der Waals surface area contributed by atoms with Crippen molar-refractivity contribution in [2.24, 2.45) is 0 Å². The Morgan fingerprint density at radius 2 is 1.95 bits per heavy atom. The molecule has 0 atom stereocenters. The van der Waals surface area contributed by atoms with Crippen LogP contribution in [0.4, 0.5) is 4.79 Å². The number of carbonyl (C=O) groups excluding carboxylic acids is 2. The fourth-order valence-corrected chi connectivity index (χ4v) is 2.88. The summed E-state index contributed by atoms with van der Waals surface area (Å²) in [6.07, 6.45) is 1.51. The number of rotatable bonds is 2. The fraction of sp³-hybridized carbons (Fsp3) is 0. The molecule has 21 heavy (non-hydrogen) atoms. The molecule has 1 saturated heterocycles. The molecular formula is C14H7Cl2NO3S. The molecule has 1 fully saturated rings. The van der Waals surface area contributed by atoms with Crippen molar-refractivity contribution in [1.82, 2.24) is 5.32 Å². The van der Waals surface area contributed by atoms with Gasteiger partial charge in [0.2, 0.25) is 0 Å². The van der Waals surface area contributed by atoms with Crippen molar-refractivity contribution < 1.29 is 14.0 Å². The zero-order valence-corrected chi connectivity index (χ0v) is 12.7. The Labute approximate surface area is 134 Å². The lowest BCUT2D eigenvalue weighted by molar-refractivity contribution is -0.115. The van der Waals surface area contributed by atoms with Crippen LogP contribution in [0.5, 0.6) is 0 Å². The average Bonchev–Trinajstić information content (AvgIpc) is 3.01. The zero-order chi connectivity index (χ0) is 15.0. The molecule has 1 aliphatic heterocycles. The van der Waals surface area contributed by atoms with Crippen LogP contribution >= 0.6 is 35.0 Å². The normalized spacial score (nSPS) is 16.6. The minimum Gasteiger partial charge on any atom is -0.457 e. The van der Waals surface area contributed by atoms with Crippen LogP contribution in [0.1, 0.15) is 5.76 Å². The van der Waals surface area contributed by atoms with Gasteiger partial charge in [0.25, 0.3) is 11.1 Å². The SMILES string of the molecule is O=C1NC(=O)/C(=C\c2ccc(-c3cccc(Cl)c3Cl)o2)S1. The van der Waals surface area contributed by atoms with E-state index in [4.69, 9.17) is 27.6 Å². The third kappa shape index (κ3) is 2.85. The number of furan rings is 1. The highest BCUT2D eigenvalue weighted by Crippen LogP contribution is 2.35. The number of halogens is 2. The Hall–Kier alpha value is -1.69. The van der Waals surface area contributed by atoms with Gasteiger partial charge in [-0.3, -0.25) is 14.9 Å². The minimum absolute atomic E-state index is 0.290. The monoisotopic (exact) mass is 339 g/mol. The highest BCUT2D eigenvalue weighted by atomic mass is 35.5. The van der Waals surface area contributed by atoms with Gasteiger partial charge in [-0.15, -0.1) is 0 Å². The fourth-order valence-electron chi connectivity index (χ4n) is 1.82. The summed E-state index contributed by atoms with van der Waals surface area (Å²) >= 11 is 12.9. The molecule has 0 saturated carbocycles. The number of nitrogens with one attached hydrogen (secondary N) is 1. The lowest BCUT2D eigenvalue weighted by Gasteiger charge is -2.01. The predicted molar refractivity (Wildman–Crippen MR) is 83.3 cm³/mol. The average molecular weight is 340 g/mol. The molecule has 0 unspecified atom stereocenters. The van der Waals surface area contributed by atoms with E-state index < -0.39 is 11.1 Å². The standard InChI is InChI=1S/C14H7Cl2NO3S/c15-9-3-1-2-8(12(9)16)10-5-4-7(20-10)6-11-13(18)17-14(19)21-11/h1-6H,(H,17,18,19)/b11-6+. The van der Waals surface area contributed by atoms with Crippen molar-refractivity contribution in [2.45, 2.75) is 0 Å². The number of hydrogen-bond donors (Lipinski definition) is 1. The largest absolute Gasteiger partial charge is 0.457 e. The van der Waals surface area contributed by atoms with Crippen LogP contribution in [0, 0.1) is 0 Å².